The van der Waals surface area contributed by atoms with E-state index in [1.54, 1.807) is 30.1 Å². The van der Waals surface area contributed by atoms with Gasteiger partial charge in [-0.05, 0) is 36.6 Å². The fourth-order valence-electron chi connectivity index (χ4n) is 2.53. The summed E-state index contributed by atoms with van der Waals surface area (Å²) in [7, 11) is -1.81. The van der Waals surface area contributed by atoms with Crippen molar-refractivity contribution in [2.24, 2.45) is 7.05 Å². The van der Waals surface area contributed by atoms with E-state index in [1.165, 1.54) is 0 Å². The maximum atomic E-state index is 12.5. The Morgan fingerprint density at radius 3 is 3.00 bits per heavy atom. The van der Waals surface area contributed by atoms with E-state index < -0.39 is 10.0 Å². The van der Waals surface area contributed by atoms with Crippen LogP contribution in [-0.2, 0) is 29.9 Å². The van der Waals surface area contributed by atoms with Crippen LogP contribution in [0, 0.1) is 0 Å². The van der Waals surface area contributed by atoms with Crippen molar-refractivity contribution in [3.8, 4) is 0 Å². The van der Waals surface area contributed by atoms with Crippen LogP contribution in [0.5, 0.6) is 0 Å². The summed E-state index contributed by atoms with van der Waals surface area (Å²) in [4.78, 5) is 0.288. The second-order valence-corrected chi connectivity index (χ2v) is 6.80. The van der Waals surface area contributed by atoms with Gasteiger partial charge in [0.1, 0.15) is 0 Å². The molecule has 1 aromatic carbocycles. The maximum Gasteiger partial charge on any atom is 0.262 e. The van der Waals surface area contributed by atoms with Crippen LogP contribution >= 0.6 is 0 Å². The Kier molecular flexibility index (Phi) is 3.36. The summed E-state index contributed by atoms with van der Waals surface area (Å²) < 4.78 is 29.3. The van der Waals surface area contributed by atoms with E-state index in [-0.39, 0.29) is 4.90 Å². The lowest BCUT2D eigenvalue weighted by molar-refractivity contribution is 0.601. The van der Waals surface area contributed by atoms with E-state index in [2.05, 4.69) is 15.1 Å². The quantitative estimate of drug-likeness (QED) is 0.902. The van der Waals surface area contributed by atoms with Crippen molar-refractivity contribution in [2.75, 3.05) is 16.6 Å². The smallest absolute Gasteiger partial charge is 0.262 e. The minimum atomic E-state index is -3.59. The van der Waals surface area contributed by atoms with E-state index in [0.29, 0.717) is 12.1 Å². The highest BCUT2D eigenvalue weighted by molar-refractivity contribution is 7.92. The molecule has 2 N–H and O–H groups in total. The van der Waals surface area contributed by atoms with Gasteiger partial charge in [0.25, 0.3) is 10.0 Å². The Morgan fingerprint density at radius 2 is 2.24 bits per heavy atom. The molecule has 0 atom stereocenters. The summed E-state index contributed by atoms with van der Waals surface area (Å²) in [5.74, 6) is 0. The van der Waals surface area contributed by atoms with Crippen molar-refractivity contribution in [1.82, 2.24) is 9.78 Å². The van der Waals surface area contributed by atoms with Crippen LogP contribution < -0.4 is 10.0 Å². The number of nitrogens with zero attached hydrogens (tertiary/aromatic N) is 2. The first-order chi connectivity index (χ1) is 9.99. The van der Waals surface area contributed by atoms with Crippen molar-refractivity contribution in [1.29, 1.82) is 0 Å². The Balaban J connectivity index is 1.93. The molecule has 3 rings (SSSR count). The third-order valence-electron chi connectivity index (χ3n) is 3.58. The highest BCUT2D eigenvalue weighted by Gasteiger charge is 2.20. The lowest BCUT2D eigenvalue weighted by Crippen LogP contribution is -2.13. The molecular formula is C14H18N4O2S. The van der Waals surface area contributed by atoms with Gasteiger partial charge in [-0.2, -0.15) is 5.10 Å². The van der Waals surface area contributed by atoms with Crippen LogP contribution in [0.4, 0.5) is 11.4 Å². The molecule has 6 nitrogen and oxygen atoms in total. The molecule has 0 saturated carbocycles. The summed E-state index contributed by atoms with van der Waals surface area (Å²) >= 11 is 0. The van der Waals surface area contributed by atoms with Gasteiger partial charge in [-0.25, -0.2) is 8.42 Å². The van der Waals surface area contributed by atoms with Crippen LogP contribution in [0.25, 0.3) is 0 Å². The molecule has 0 amide bonds. The number of rotatable bonds is 4. The number of hydrogen-bond acceptors (Lipinski definition) is 4. The first-order valence-electron chi connectivity index (χ1n) is 6.92. The van der Waals surface area contributed by atoms with E-state index in [9.17, 15) is 8.42 Å². The Bertz CT molecular complexity index is 780. The zero-order valence-electron chi connectivity index (χ0n) is 12.0. The standard InChI is InChI=1S/C14H18N4O2S/c1-3-12-14(9-18(2)16-12)17-21(19,20)11-4-5-13-10(8-11)6-7-15-13/h4-5,8-9,15,17H,3,6-7H2,1-2H3. The first kappa shape index (κ1) is 13.9. The largest absolute Gasteiger partial charge is 0.384 e. The minimum absolute atomic E-state index is 0.288. The molecular weight excluding hydrogens is 288 g/mol. The van der Waals surface area contributed by atoms with Crippen LogP contribution in [0.2, 0.25) is 0 Å². The second kappa shape index (κ2) is 5.07. The topological polar surface area (TPSA) is 76.0 Å². The molecule has 0 aliphatic carbocycles. The Labute approximate surface area is 124 Å². The van der Waals surface area contributed by atoms with Crippen molar-refractivity contribution in [3.63, 3.8) is 0 Å². The van der Waals surface area contributed by atoms with E-state index in [0.717, 1.165) is 29.9 Å². The lowest BCUT2D eigenvalue weighted by atomic mass is 10.2. The van der Waals surface area contributed by atoms with Crippen LogP contribution in [0.3, 0.4) is 0 Å². The number of anilines is 2. The number of fused-ring (bicyclic) bond motifs is 1. The van der Waals surface area contributed by atoms with Crippen molar-refractivity contribution in [2.45, 2.75) is 24.7 Å². The van der Waals surface area contributed by atoms with Gasteiger partial charge in [-0.15, -0.1) is 0 Å². The molecule has 2 aromatic rings. The highest BCUT2D eigenvalue weighted by Crippen LogP contribution is 2.26. The number of benzene rings is 1. The normalized spacial score (nSPS) is 13.8. The molecule has 7 heteroatoms. The molecule has 0 bridgehead atoms. The molecule has 0 unspecified atom stereocenters. The molecule has 0 saturated heterocycles. The van der Waals surface area contributed by atoms with Gasteiger partial charge in [-0.1, -0.05) is 6.92 Å². The van der Waals surface area contributed by atoms with Crippen LogP contribution in [0.1, 0.15) is 18.2 Å². The number of hydrogen-bond donors (Lipinski definition) is 2. The number of nitrogens with one attached hydrogen (secondary N) is 2. The third-order valence-corrected chi connectivity index (χ3v) is 4.94. The minimum Gasteiger partial charge on any atom is -0.384 e. The summed E-state index contributed by atoms with van der Waals surface area (Å²) in [5.41, 5.74) is 3.34. The fraction of sp³-hybridized carbons (Fsp3) is 0.357. The van der Waals surface area contributed by atoms with Gasteiger partial charge in [0.2, 0.25) is 0 Å². The molecule has 1 aliphatic heterocycles. The van der Waals surface area contributed by atoms with Crippen LogP contribution in [-0.4, -0.2) is 24.7 Å². The van der Waals surface area contributed by atoms with Gasteiger partial charge in [0.15, 0.2) is 0 Å². The van der Waals surface area contributed by atoms with Gasteiger partial charge >= 0.3 is 0 Å². The zero-order chi connectivity index (χ0) is 15.0. The molecule has 0 spiro atoms. The Morgan fingerprint density at radius 1 is 1.43 bits per heavy atom. The highest BCUT2D eigenvalue weighted by atomic mass is 32.2. The Hall–Kier alpha value is -2.02. The zero-order valence-corrected chi connectivity index (χ0v) is 12.9. The monoisotopic (exact) mass is 306 g/mol. The summed E-state index contributed by atoms with van der Waals surface area (Å²) in [5, 5.41) is 7.47. The third kappa shape index (κ3) is 2.61. The van der Waals surface area contributed by atoms with Crippen molar-refractivity contribution >= 4 is 21.4 Å². The van der Waals surface area contributed by atoms with E-state index >= 15 is 0 Å². The van der Waals surface area contributed by atoms with E-state index in [4.69, 9.17) is 0 Å². The molecule has 2 heterocycles. The molecule has 0 radical (unpaired) electrons. The molecule has 112 valence electrons. The molecule has 1 aromatic heterocycles. The van der Waals surface area contributed by atoms with E-state index in [1.807, 2.05) is 13.0 Å². The van der Waals surface area contributed by atoms with Gasteiger partial charge in [-0.3, -0.25) is 9.40 Å². The fourth-order valence-corrected chi connectivity index (χ4v) is 3.66. The predicted molar refractivity (Wildman–Crippen MR) is 82.0 cm³/mol. The van der Waals surface area contributed by atoms with Gasteiger partial charge in [0, 0.05) is 25.5 Å². The number of aromatic nitrogens is 2. The molecule has 0 fully saturated rings. The average Bonchev–Trinajstić information content (AvgIpc) is 3.03. The molecule has 21 heavy (non-hydrogen) atoms. The van der Waals surface area contributed by atoms with Crippen molar-refractivity contribution in [3.05, 3.63) is 35.7 Å². The summed E-state index contributed by atoms with van der Waals surface area (Å²) in [6.45, 7) is 2.80. The molecule has 1 aliphatic rings. The number of sulfonamides is 1. The maximum absolute atomic E-state index is 12.5. The number of aryl methyl sites for hydroxylation is 2. The first-order valence-corrected chi connectivity index (χ1v) is 8.40. The predicted octanol–water partition coefficient (Wildman–Crippen LogP) is 1.75. The second-order valence-electron chi connectivity index (χ2n) is 5.12. The SMILES string of the molecule is CCc1nn(C)cc1NS(=O)(=O)c1ccc2c(c1)CCN2. The average molecular weight is 306 g/mol. The van der Waals surface area contributed by atoms with Gasteiger partial charge < -0.3 is 5.32 Å². The lowest BCUT2D eigenvalue weighted by Gasteiger charge is -2.09. The van der Waals surface area contributed by atoms with Crippen LogP contribution in [0.15, 0.2) is 29.3 Å². The summed E-state index contributed by atoms with van der Waals surface area (Å²) in [6.07, 6.45) is 3.21. The van der Waals surface area contributed by atoms with Crippen molar-refractivity contribution < 1.29 is 8.42 Å². The summed E-state index contributed by atoms with van der Waals surface area (Å²) in [6, 6.07) is 5.18. The van der Waals surface area contributed by atoms with Gasteiger partial charge in [0.05, 0.1) is 16.3 Å².